The van der Waals surface area contributed by atoms with Gasteiger partial charge in [-0.05, 0) is 30.0 Å². The normalized spacial score (nSPS) is 19.4. The number of benzene rings is 2. The van der Waals surface area contributed by atoms with Crippen LogP contribution in [0.15, 0.2) is 73.3 Å². The first-order valence-electron chi connectivity index (χ1n) is 8.96. The number of carbonyl (C=O) groups excluding carboxylic acids is 1. The topological polar surface area (TPSA) is 59.0 Å². The number of imidazole rings is 1. The molecule has 26 heavy (non-hydrogen) atoms. The monoisotopic (exact) mass is 346 g/mol. The number of para-hydroxylation sites is 1. The van der Waals surface area contributed by atoms with Crippen LogP contribution in [-0.4, -0.2) is 21.5 Å². The Morgan fingerprint density at radius 1 is 1.12 bits per heavy atom. The quantitative estimate of drug-likeness (QED) is 0.747. The maximum Gasteiger partial charge on any atom is 0.237 e. The van der Waals surface area contributed by atoms with Gasteiger partial charge < -0.3 is 9.88 Å². The Morgan fingerprint density at radius 3 is 2.73 bits per heavy atom. The fourth-order valence-electron chi connectivity index (χ4n) is 3.52. The Bertz CT molecular complexity index is 861. The zero-order valence-electron chi connectivity index (χ0n) is 14.5. The van der Waals surface area contributed by atoms with Gasteiger partial charge in [-0.1, -0.05) is 48.5 Å². The van der Waals surface area contributed by atoms with E-state index in [-0.39, 0.29) is 18.0 Å². The van der Waals surface area contributed by atoms with E-state index in [1.807, 2.05) is 53.2 Å². The minimum atomic E-state index is -0.138. The van der Waals surface area contributed by atoms with Crippen molar-refractivity contribution in [1.29, 1.82) is 0 Å². The molecule has 1 saturated heterocycles. The van der Waals surface area contributed by atoms with Crippen molar-refractivity contribution in [1.82, 2.24) is 20.2 Å². The zero-order valence-corrected chi connectivity index (χ0v) is 14.5. The smallest absolute Gasteiger partial charge is 0.237 e. The first-order chi connectivity index (χ1) is 12.8. The number of carbonyl (C=O) groups is 1. The molecule has 2 atom stereocenters. The lowest BCUT2D eigenvalue weighted by molar-refractivity contribution is -0.123. The molecule has 5 nitrogen and oxygen atoms in total. The van der Waals surface area contributed by atoms with E-state index in [4.69, 9.17) is 0 Å². The molecule has 4 rings (SSSR count). The van der Waals surface area contributed by atoms with Crippen LogP contribution in [0, 0.1) is 0 Å². The molecule has 1 aromatic heterocycles. The number of hydrogen-bond donors (Lipinski definition) is 2. The molecule has 3 aromatic rings. The SMILES string of the molecule is O=C(NCc1ccccc1-n1ccnc1)[C@H]1CC[C@H](c2ccccc2)N1. The lowest BCUT2D eigenvalue weighted by Gasteiger charge is -2.16. The zero-order chi connectivity index (χ0) is 17.8. The van der Waals surface area contributed by atoms with Gasteiger partial charge in [0, 0.05) is 25.0 Å². The van der Waals surface area contributed by atoms with Gasteiger partial charge in [0.1, 0.15) is 0 Å². The molecule has 132 valence electrons. The van der Waals surface area contributed by atoms with Gasteiger partial charge >= 0.3 is 0 Å². The van der Waals surface area contributed by atoms with E-state index in [1.165, 1.54) is 5.56 Å². The Balaban J connectivity index is 1.38. The van der Waals surface area contributed by atoms with Crippen LogP contribution in [0.2, 0.25) is 0 Å². The molecule has 0 saturated carbocycles. The van der Waals surface area contributed by atoms with Gasteiger partial charge in [0.2, 0.25) is 5.91 Å². The van der Waals surface area contributed by atoms with Gasteiger partial charge in [0.05, 0.1) is 18.1 Å². The first-order valence-corrected chi connectivity index (χ1v) is 8.96. The third-order valence-electron chi connectivity index (χ3n) is 4.89. The molecule has 0 unspecified atom stereocenters. The molecule has 1 aliphatic rings. The summed E-state index contributed by atoms with van der Waals surface area (Å²) in [7, 11) is 0. The van der Waals surface area contributed by atoms with Gasteiger partial charge in [-0.3, -0.25) is 10.1 Å². The Labute approximate surface area is 153 Å². The van der Waals surface area contributed by atoms with E-state index in [9.17, 15) is 4.79 Å². The largest absolute Gasteiger partial charge is 0.351 e. The second kappa shape index (κ2) is 7.54. The summed E-state index contributed by atoms with van der Waals surface area (Å²) in [6, 6.07) is 18.5. The summed E-state index contributed by atoms with van der Waals surface area (Å²) in [6.07, 6.45) is 7.26. The van der Waals surface area contributed by atoms with Crippen LogP contribution in [-0.2, 0) is 11.3 Å². The summed E-state index contributed by atoms with van der Waals surface area (Å²) in [5, 5.41) is 6.54. The molecule has 1 amide bonds. The average molecular weight is 346 g/mol. The highest BCUT2D eigenvalue weighted by Crippen LogP contribution is 2.26. The number of amides is 1. The molecular formula is C21H22N4O. The summed E-state index contributed by atoms with van der Waals surface area (Å²) < 4.78 is 1.96. The molecule has 0 bridgehead atoms. The van der Waals surface area contributed by atoms with Crippen molar-refractivity contribution in [2.45, 2.75) is 31.5 Å². The van der Waals surface area contributed by atoms with Gasteiger partial charge in [-0.15, -0.1) is 0 Å². The second-order valence-corrected chi connectivity index (χ2v) is 6.58. The van der Waals surface area contributed by atoms with Gasteiger partial charge in [0.15, 0.2) is 0 Å². The van der Waals surface area contributed by atoms with E-state index >= 15 is 0 Å². The number of nitrogens with one attached hydrogen (secondary N) is 2. The van der Waals surface area contributed by atoms with E-state index in [1.54, 1.807) is 12.5 Å². The predicted molar refractivity (Wildman–Crippen MR) is 101 cm³/mol. The number of aromatic nitrogens is 2. The second-order valence-electron chi connectivity index (χ2n) is 6.58. The van der Waals surface area contributed by atoms with Crippen LogP contribution in [0.25, 0.3) is 5.69 Å². The number of rotatable bonds is 5. The van der Waals surface area contributed by atoms with Crippen molar-refractivity contribution < 1.29 is 4.79 Å². The molecule has 2 aromatic carbocycles. The highest BCUT2D eigenvalue weighted by atomic mass is 16.2. The standard InChI is InChI=1S/C21H22N4O/c26-21(19-11-10-18(24-19)16-6-2-1-3-7-16)23-14-17-8-4-5-9-20(17)25-13-12-22-15-25/h1-9,12-13,15,18-19,24H,10-11,14H2,(H,23,26)/t18-,19-/m1/s1. The van der Waals surface area contributed by atoms with Crippen molar-refractivity contribution in [3.05, 3.63) is 84.4 Å². The summed E-state index contributed by atoms with van der Waals surface area (Å²) in [5.41, 5.74) is 3.34. The van der Waals surface area contributed by atoms with Crippen LogP contribution >= 0.6 is 0 Å². The lowest BCUT2D eigenvalue weighted by atomic mass is 10.1. The Hall–Kier alpha value is -2.92. The minimum absolute atomic E-state index is 0.0591. The van der Waals surface area contributed by atoms with Crippen LogP contribution in [0.3, 0.4) is 0 Å². The highest BCUT2D eigenvalue weighted by Gasteiger charge is 2.29. The molecule has 2 heterocycles. The molecular weight excluding hydrogens is 324 g/mol. The molecule has 0 spiro atoms. The summed E-state index contributed by atoms with van der Waals surface area (Å²) in [6.45, 7) is 0.501. The van der Waals surface area contributed by atoms with Crippen LogP contribution in [0.4, 0.5) is 0 Å². The van der Waals surface area contributed by atoms with Crippen molar-refractivity contribution in [2.24, 2.45) is 0 Å². The summed E-state index contributed by atoms with van der Waals surface area (Å²) in [4.78, 5) is 16.7. The van der Waals surface area contributed by atoms with Crippen LogP contribution in [0.5, 0.6) is 0 Å². The van der Waals surface area contributed by atoms with E-state index in [2.05, 4.69) is 27.8 Å². The van der Waals surface area contributed by atoms with E-state index in [0.717, 1.165) is 24.1 Å². The van der Waals surface area contributed by atoms with E-state index in [0.29, 0.717) is 6.54 Å². The molecule has 1 fully saturated rings. The first kappa shape index (κ1) is 16.5. The predicted octanol–water partition coefficient (Wildman–Crippen LogP) is 2.98. The summed E-state index contributed by atoms with van der Waals surface area (Å²) >= 11 is 0. The van der Waals surface area contributed by atoms with E-state index < -0.39 is 0 Å². The minimum Gasteiger partial charge on any atom is -0.351 e. The number of hydrogen-bond acceptors (Lipinski definition) is 3. The Kier molecular flexibility index (Phi) is 4.80. The van der Waals surface area contributed by atoms with Crippen molar-refractivity contribution in [3.63, 3.8) is 0 Å². The molecule has 5 heteroatoms. The highest BCUT2D eigenvalue weighted by molar-refractivity contribution is 5.82. The van der Waals surface area contributed by atoms with Crippen molar-refractivity contribution >= 4 is 5.91 Å². The average Bonchev–Trinajstić information content (AvgIpc) is 3.39. The Morgan fingerprint density at radius 2 is 1.92 bits per heavy atom. The van der Waals surface area contributed by atoms with Gasteiger partial charge in [-0.25, -0.2) is 4.98 Å². The fraction of sp³-hybridized carbons (Fsp3) is 0.238. The van der Waals surface area contributed by atoms with Crippen molar-refractivity contribution in [2.75, 3.05) is 0 Å². The molecule has 2 N–H and O–H groups in total. The van der Waals surface area contributed by atoms with Crippen LogP contribution in [0.1, 0.15) is 30.0 Å². The molecule has 0 radical (unpaired) electrons. The van der Waals surface area contributed by atoms with Gasteiger partial charge in [-0.2, -0.15) is 0 Å². The maximum absolute atomic E-state index is 12.6. The fourth-order valence-corrected chi connectivity index (χ4v) is 3.52. The summed E-state index contributed by atoms with van der Waals surface area (Å²) in [5.74, 6) is 0.0591. The van der Waals surface area contributed by atoms with Crippen molar-refractivity contribution in [3.8, 4) is 5.69 Å². The molecule has 1 aliphatic heterocycles. The third kappa shape index (κ3) is 3.53. The maximum atomic E-state index is 12.6. The van der Waals surface area contributed by atoms with Crippen LogP contribution < -0.4 is 10.6 Å². The number of nitrogens with zero attached hydrogens (tertiary/aromatic N) is 2. The molecule has 0 aliphatic carbocycles. The third-order valence-corrected chi connectivity index (χ3v) is 4.89. The lowest BCUT2D eigenvalue weighted by Crippen LogP contribution is -2.40. The van der Waals surface area contributed by atoms with Gasteiger partial charge in [0.25, 0.3) is 0 Å².